The van der Waals surface area contributed by atoms with Gasteiger partial charge in [0, 0.05) is 31.0 Å². The number of hydrogen-bond acceptors (Lipinski definition) is 4. The number of anilines is 1. The molecule has 0 aliphatic carbocycles. The molecule has 0 unspecified atom stereocenters. The van der Waals surface area contributed by atoms with Gasteiger partial charge >= 0.3 is 0 Å². The first-order chi connectivity index (χ1) is 6.29. The number of hydrogen-bond donors (Lipinski definition) is 1. The fourth-order valence-corrected chi connectivity index (χ4v) is 1.46. The second-order valence-electron chi connectivity index (χ2n) is 3.56. The minimum atomic E-state index is 0.0106. The summed E-state index contributed by atoms with van der Waals surface area (Å²) in [6.07, 6.45) is 3.34. The Morgan fingerprint density at radius 1 is 1.46 bits per heavy atom. The van der Waals surface area contributed by atoms with Gasteiger partial charge < -0.3 is 10.0 Å². The highest BCUT2D eigenvalue weighted by Crippen LogP contribution is 2.19. The van der Waals surface area contributed by atoms with Crippen LogP contribution in [0.4, 0.5) is 5.95 Å². The average Bonchev–Trinajstić information content (AvgIpc) is 2.13. The van der Waals surface area contributed by atoms with Crippen molar-refractivity contribution in [2.24, 2.45) is 5.92 Å². The second-order valence-corrected chi connectivity index (χ2v) is 3.56. The molecule has 1 saturated heterocycles. The highest BCUT2D eigenvalue weighted by Gasteiger charge is 2.24. The molecule has 1 aromatic heterocycles. The van der Waals surface area contributed by atoms with E-state index in [9.17, 15) is 0 Å². The molecule has 0 atom stereocenters. The minimum Gasteiger partial charge on any atom is -0.392 e. The molecule has 0 spiro atoms. The van der Waals surface area contributed by atoms with E-state index in [1.54, 1.807) is 12.4 Å². The summed E-state index contributed by atoms with van der Waals surface area (Å²) in [5.41, 5.74) is 0.761. The number of aromatic nitrogens is 2. The number of rotatable bonds is 2. The summed E-state index contributed by atoms with van der Waals surface area (Å²) in [6, 6.07) is 0. The van der Waals surface area contributed by atoms with Gasteiger partial charge in [0.15, 0.2) is 0 Å². The van der Waals surface area contributed by atoms with Crippen molar-refractivity contribution in [1.29, 1.82) is 0 Å². The molecular formula is C9H13N3O. The molecule has 0 aromatic carbocycles. The summed E-state index contributed by atoms with van der Waals surface area (Å²) in [5, 5.41) is 8.79. The zero-order valence-corrected chi connectivity index (χ0v) is 7.64. The van der Waals surface area contributed by atoms with Crippen LogP contribution in [0.3, 0.4) is 0 Å². The van der Waals surface area contributed by atoms with Crippen LogP contribution in [0.15, 0.2) is 12.4 Å². The van der Waals surface area contributed by atoms with Crippen LogP contribution >= 0.6 is 0 Å². The van der Waals surface area contributed by atoms with Crippen molar-refractivity contribution in [3.63, 3.8) is 0 Å². The van der Waals surface area contributed by atoms with Gasteiger partial charge in [0.05, 0.1) is 6.61 Å². The summed E-state index contributed by atoms with van der Waals surface area (Å²) in [6.45, 7) is 4.30. The first-order valence-electron chi connectivity index (χ1n) is 4.46. The maximum absolute atomic E-state index is 8.79. The Kier molecular flexibility index (Phi) is 2.14. The fourth-order valence-electron chi connectivity index (χ4n) is 1.46. The third-order valence-electron chi connectivity index (χ3n) is 2.22. The van der Waals surface area contributed by atoms with Gasteiger partial charge in [-0.2, -0.15) is 0 Å². The summed E-state index contributed by atoms with van der Waals surface area (Å²) in [5.74, 6) is 1.52. The van der Waals surface area contributed by atoms with Crippen molar-refractivity contribution in [3.05, 3.63) is 18.0 Å². The quantitative estimate of drug-likeness (QED) is 0.715. The van der Waals surface area contributed by atoms with Crippen molar-refractivity contribution in [2.45, 2.75) is 13.5 Å². The van der Waals surface area contributed by atoms with E-state index in [0.717, 1.165) is 30.5 Å². The van der Waals surface area contributed by atoms with Gasteiger partial charge in [-0.05, 0) is 5.92 Å². The molecule has 70 valence electrons. The van der Waals surface area contributed by atoms with Crippen LogP contribution in [0, 0.1) is 5.92 Å². The lowest BCUT2D eigenvalue weighted by molar-refractivity contribution is 0.281. The van der Waals surface area contributed by atoms with Gasteiger partial charge in [0.25, 0.3) is 0 Å². The Hall–Kier alpha value is -1.16. The molecule has 1 N–H and O–H groups in total. The van der Waals surface area contributed by atoms with Crippen LogP contribution in [0.2, 0.25) is 0 Å². The van der Waals surface area contributed by atoms with E-state index in [4.69, 9.17) is 5.11 Å². The zero-order chi connectivity index (χ0) is 9.26. The SMILES string of the molecule is CC1CN(c2ncc(CO)cn2)C1. The van der Waals surface area contributed by atoms with E-state index in [1.165, 1.54) is 0 Å². The number of aliphatic hydroxyl groups is 1. The molecule has 2 rings (SSSR count). The predicted molar refractivity (Wildman–Crippen MR) is 49.3 cm³/mol. The van der Waals surface area contributed by atoms with Crippen LogP contribution in [0.5, 0.6) is 0 Å². The molecule has 4 heteroatoms. The maximum atomic E-state index is 8.79. The fraction of sp³-hybridized carbons (Fsp3) is 0.556. The summed E-state index contributed by atoms with van der Waals surface area (Å²) >= 11 is 0. The first-order valence-corrected chi connectivity index (χ1v) is 4.46. The Bertz CT molecular complexity index is 279. The largest absolute Gasteiger partial charge is 0.392 e. The molecule has 1 aliphatic heterocycles. The van der Waals surface area contributed by atoms with Crippen molar-refractivity contribution in [3.8, 4) is 0 Å². The lowest BCUT2D eigenvalue weighted by atomic mass is 10.0. The monoisotopic (exact) mass is 179 g/mol. The molecule has 13 heavy (non-hydrogen) atoms. The Morgan fingerprint density at radius 3 is 2.54 bits per heavy atom. The Labute approximate surface area is 77.2 Å². The van der Waals surface area contributed by atoms with E-state index < -0.39 is 0 Å². The summed E-state index contributed by atoms with van der Waals surface area (Å²) < 4.78 is 0. The standard InChI is InChI=1S/C9H13N3O/c1-7-4-12(5-7)9-10-2-8(6-13)3-11-9/h2-3,7,13H,4-6H2,1H3. The smallest absolute Gasteiger partial charge is 0.225 e. The molecule has 0 amide bonds. The van der Waals surface area contributed by atoms with E-state index in [2.05, 4.69) is 21.8 Å². The van der Waals surface area contributed by atoms with Crippen LogP contribution < -0.4 is 4.90 Å². The van der Waals surface area contributed by atoms with E-state index in [-0.39, 0.29) is 6.61 Å². The van der Waals surface area contributed by atoms with Crippen LogP contribution in [0.25, 0.3) is 0 Å². The maximum Gasteiger partial charge on any atom is 0.225 e. The van der Waals surface area contributed by atoms with E-state index in [1.807, 2.05) is 0 Å². The van der Waals surface area contributed by atoms with Gasteiger partial charge in [-0.1, -0.05) is 6.92 Å². The van der Waals surface area contributed by atoms with Gasteiger partial charge in [-0.25, -0.2) is 9.97 Å². The molecule has 0 bridgehead atoms. The van der Waals surface area contributed by atoms with Crippen molar-refractivity contribution in [2.75, 3.05) is 18.0 Å². The summed E-state index contributed by atoms with van der Waals surface area (Å²) in [7, 11) is 0. The Morgan fingerprint density at radius 2 is 2.08 bits per heavy atom. The summed E-state index contributed by atoms with van der Waals surface area (Å²) in [4.78, 5) is 10.5. The van der Waals surface area contributed by atoms with Crippen molar-refractivity contribution < 1.29 is 5.11 Å². The highest BCUT2D eigenvalue weighted by atomic mass is 16.3. The molecule has 1 fully saturated rings. The molecule has 4 nitrogen and oxygen atoms in total. The molecule has 1 aromatic rings. The predicted octanol–water partition coefficient (Wildman–Crippen LogP) is 0.425. The highest BCUT2D eigenvalue weighted by molar-refractivity contribution is 5.33. The van der Waals surface area contributed by atoms with Gasteiger partial charge in [0.1, 0.15) is 0 Å². The van der Waals surface area contributed by atoms with Crippen LogP contribution in [0.1, 0.15) is 12.5 Å². The van der Waals surface area contributed by atoms with Crippen LogP contribution in [-0.2, 0) is 6.61 Å². The first kappa shape index (κ1) is 8.44. The topological polar surface area (TPSA) is 49.2 Å². The van der Waals surface area contributed by atoms with Gasteiger partial charge in [0.2, 0.25) is 5.95 Å². The normalized spacial score (nSPS) is 17.2. The van der Waals surface area contributed by atoms with Crippen LogP contribution in [-0.4, -0.2) is 28.2 Å². The third kappa shape index (κ3) is 1.62. The third-order valence-corrected chi connectivity index (χ3v) is 2.22. The average molecular weight is 179 g/mol. The lowest BCUT2D eigenvalue weighted by Crippen LogP contribution is -2.46. The lowest BCUT2D eigenvalue weighted by Gasteiger charge is -2.36. The minimum absolute atomic E-state index is 0.0106. The molecule has 0 saturated carbocycles. The zero-order valence-electron chi connectivity index (χ0n) is 7.64. The van der Waals surface area contributed by atoms with E-state index in [0.29, 0.717) is 0 Å². The van der Waals surface area contributed by atoms with Gasteiger partial charge in [-0.3, -0.25) is 0 Å². The molecular weight excluding hydrogens is 166 g/mol. The van der Waals surface area contributed by atoms with Crippen molar-refractivity contribution in [1.82, 2.24) is 9.97 Å². The van der Waals surface area contributed by atoms with Crippen molar-refractivity contribution >= 4 is 5.95 Å². The molecule has 0 radical (unpaired) electrons. The Balaban J connectivity index is 2.06. The van der Waals surface area contributed by atoms with E-state index >= 15 is 0 Å². The molecule has 1 aliphatic rings. The number of nitrogens with zero attached hydrogens (tertiary/aromatic N) is 3. The van der Waals surface area contributed by atoms with Gasteiger partial charge in [-0.15, -0.1) is 0 Å². The second kappa shape index (κ2) is 3.30. The number of aliphatic hydroxyl groups excluding tert-OH is 1. The molecule has 2 heterocycles.